The molecule has 0 aliphatic carbocycles. The number of nitrogens with one attached hydrogen (secondary N) is 4. The first-order valence-corrected chi connectivity index (χ1v) is 9.53. The van der Waals surface area contributed by atoms with Crippen LogP contribution in [0.1, 0.15) is 11.1 Å². The van der Waals surface area contributed by atoms with Crippen LogP contribution in [0.25, 0.3) is 17.3 Å². The molecule has 0 atom stereocenters. The molecule has 0 saturated heterocycles. The van der Waals surface area contributed by atoms with Crippen molar-refractivity contribution in [2.75, 3.05) is 10.6 Å². The maximum atomic E-state index is 12.5. The van der Waals surface area contributed by atoms with Gasteiger partial charge in [-0.05, 0) is 30.3 Å². The van der Waals surface area contributed by atoms with Crippen molar-refractivity contribution in [3.8, 4) is 17.1 Å². The molecule has 2 aromatic carbocycles. The standard InChI is InChI=1S/C21H18N8O4/c22-20(32)24-12-5-1-10(2-6-12)16-14(18(30)28-26-16)9-15-17(27-29-19(15)31)11-3-7-13(8-4-11)25-21(23)33/h1-9H,(H,28,30)(H3,22,24,32)(H3,23,25,33)(H2,27,29,31). The van der Waals surface area contributed by atoms with Crippen molar-refractivity contribution in [2.24, 2.45) is 16.6 Å². The Morgan fingerprint density at radius 2 is 1.45 bits per heavy atom. The molecule has 166 valence electrons. The van der Waals surface area contributed by atoms with Crippen LogP contribution in [-0.4, -0.2) is 39.0 Å². The van der Waals surface area contributed by atoms with E-state index in [9.17, 15) is 19.5 Å². The minimum atomic E-state index is -0.695. The third-order valence-corrected chi connectivity index (χ3v) is 4.69. The molecule has 0 spiro atoms. The van der Waals surface area contributed by atoms with Gasteiger partial charge in [-0.15, -0.1) is 0 Å². The summed E-state index contributed by atoms with van der Waals surface area (Å²) >= 11 is 0. The van der Waals surface area contributed by atoms with E-state index in [0.717, 1.165) is 0 Å². The van der Waals surface area contributed by atoms with Crippen LogP contribution >= 0.6 is 0 Å². The van der Waals surface area contributed by atoms with E-state index >= 15 is 0 Å². The number of amides is 5. The van der Waals surface area contributed by atoms with Gasteiger partial charge in [0, 0.05) is 22.5 Å². The second-order valence-electron chi connectivity index (χ2n) is 6.93. The first-order chi connectivity index (χ1) is 15.8. The van der Waals surface area contributed by atoms with E-state index in [0.29, 0.717) is 33.9 Å². The predicted octanol–water partition coefficient (Wildman–Crippen LogP) is 1.68. The third-order valence-electron chi connectivity index (χ3n) is 4.69. The number of anilines is 2. The highest BCUT2D eigenvalue weighted by atomic mass is 16.3. The molecule has 5 amide bonds. The van der Waals surface area contributed by atoms with Gasteiger partial charge < -0.3 is 27.2 Å². The quantitative estimate of drug-likeness (QED) is 0.292. The average molecular weight is 446 g/mol. The van der Waals surface area contributed by atoms with Crippen molar-refractivity contribution in [1.29, 1.82) is 0 Å². The number of aromatic nitrogens is 2. The number of hydrazone groups is 1. The topological polar surface area (TPSA) is 201 Å². The van der Waals surface area contributed by atoms with Crippen LogP contribution in [0.15, 0.2) is 59.2 Å². The van der Waals surface area contributed by atoms with Crippen molar-refractivity contribution < 1.29 is 19.5 Å². The fourth-order valence-electron chi connectivity index (χ4n) is 3.24. The van der Waals surface area contributed by atoms with Crippen molar-refractivity contribution in [2.45, 2.75) is 0 Å². The number of benzene rings is 2. The molecule has 1 aliphatic heterocycles. The minimum absolute atomic E-state index is 0.204. The van der Waals surface area contributed by atoms with Gasteiger partial charge in [0.05, 0.1) is 11.1 Å². The number of carbonyl (C=O) groups excluding carboxylic acids is 3. The number of aromatic amines is 1. The van der Waals surface area contributed by atoms with Crippen LogP contribution in [-0.2, 0) is 4.79 Å². The fraction of sp³-hybridized carbons (Fsp3) is 0. The molecule has 12 nitrogen and oxygen atoms in total. The maximum Gasteiger partial charge on any atom is 0.316 e. The highest BCUT2D eigenvalue weighted by molar-refractivity contribution is 6.33. The Labute approximate surface area is 186 Å². The molecule has 2 heterocycles. The van der Waals surface area contributed by atoms with Gasteiger partial charge in [-0.1, -0.05) is 24.3 Å². The van der Waals surface area contributed by atoms with Gasteiger partial charge in [-0.2, -0.15) is 10.2 Å². The summed E-state index contributed by atoms with van der Waals surface area (Å²) in [5.41, 5.74) is 16.0. The summed E-state index contributed by atoms with van der Waals surface area (Å²) in [4.78, 5) is 34.5. The number of nitrogens with two attached hydrogens (primary N) is 2. The second kappa shape index (κ2) is 8.55. The Bertz CT molecular complexity index is 1310. The number of hydrogen-bond donors (Lipinski definition) is 7. The van der Waals surface area contributed by atoms with Gasteiger partial charge in [0.2, 0.25) is 5.88 Å². The number of carbonyl (C=O) groups is 3. The lowest BCUT2D eigenvalue weighted by Crippen LogP contribution is -2.19. The van der Waals surface area contributed by atoms with E-state index in [2.05, 4.69) is 31.4 Å². The van der Waals surface area contributed by atoms with Crippen molar-refractivity contribution in [3.05, 3.63) is 65.2 Å². The predicted molar refractivity (Wildman–Crippen MR) is 121 cm³/mol. The van der Waals surface area contributed by atoms with Gasteiger partial charge in [0.25, 0.3) is 5.91 Å². The van der Waals surface area contributed by atoms with Crippen LogP contribution in [0.2, 0.25) is 0 Å². The lowest BCUT2D eigenvalue weighted by atomic mass is 9.99. The molecular weight excluding hydrogens is 428 g/mol. The second-order valence-corrected chi connectivity index (χ2v) is 6.93. The number of primary amides is 2. The van der Waals surface area contributed by atoms with Gasteiger partial charge in [-0.3, -0.25) is 4.79 Å². The minimum Gasteiger partial charge on any atom is -0.493 e. The Hall–Kier alpha value is -5.13. The number of nitrogens with zero attached hydrogens (tertiary/aromatic N) is 2. The molecule has 9 N–H and O–H groups in total. The van der Waals surface area contributed by atoms with Gasteiger partial charge in [0.15, 0.2) is 0 Å². The summed E-state index contributed by atoms with van der Waals surface area (Å²) in [5.74, 6) is -0.700. The summed E-state index contributed by atoms with van der Waals surface area (Å²) in [5, 5.41) is 25.9. The van der Waals surface area contributed by atoms with Crippen molar-refractivity contribution in [1.82, 2.24) is 15.6 Å². The first-order valence-electron chi connectivity index (χ1n) is 9.53. The van der Waals surface area contributed by atoms with E-state index < -0.39 is 18.0 Å². The highest BCUT2D eigenvalue weighted by Crippen LogP contribution is 2.31. The molecule has 12 heteroatoms. The van der Waals surface area contributed by atoms with Crippen molar-refractivity contribution >= 4 is 41.1 Å². The zero-order valence-electron chi connectivity index (χ0n) is 16.9. The lowest BCUT2D eigenvalue weighted by Gasteiger charge is -2.06. The molecule has 0 radical (unpaired) electrons. The van der Waals surface area contributed by atoms with Gasteiger partial charge >= 0.3 is 12.1 Å². The van der Waals surface area contributed by atoms with Crippen LogP contribution in [0.3, 0.4) is 0 Å². The molecule has 4 rings (SSSR count). The van der Waals surface area contributed by atoms with E-state index in [4.69, 9.17) is 11.5 Å². The highest BCUT2D eigenvalue weighted by Gasteiger charge is 2.26. The smallest absolute Gasteiger partial charge is 0.316 e. The molecule has 0 bridgehead atoms. The molecular formula is C21H18N8O4. The average Bonchev–Trinajstić information content (AvgIpc) is 3.32. The molecule has 0 fully saturated rings. The first kappa shape index (κ1) is 21.1. The zero-order valence-corrected chi connectivity index (χ0v) is 16.9. The molecule has 0 saturated carbocycles. The van der Waals surface area contributed by atoms with Gasteiger partial charge in [0.1, 0.15) is 11.4 Å². The Kier molecular flexibility index (Phi) is 5.47. The fourth-order valence-corrected chi connectivity index (χ4v) is 3.24. The SMILES string of the molecule is NC(=O)Nc1ccc(C2=NNC(=O)C2=Cc2c(-c3ccc(NC(N)=O)cc3)n[nH]c2O)cc1. The summed E-state index contributed by atoms with van der Waals surface area (Å²) < 4.78 is 0. The third kappa shape index (κ3) is 4.49. The molecule has 33 heavy (non-hydrogen) atoms. The zero-order chi connectivity index (χ0) is 23.5. The molecule has 0 unspecified atom stereocenters. The summed E-state index contributed by atoms with van der Waals surface area (Å²) in [7, 11) is 0. The monoisotopic (exact) mass is 446 g/mol. The van der Waals surface area contributed by atoms with Crippen LogP contribution in [0.4, 0.5) is 21.0 Å². The summed E-state index contributed by atoms with van der Waals surface area (Å²) in [6.07, 6.45) is 1.47. The number of hydrogen-bond acceptors (Lipinski definition) is 6. The largest absolute Gasteiger partial charge is 0.493 e. The van der Waals surface area contributed by atoms with Crippen molar-refractivity contribution in [3.63, 3.8) is 0 Å². The normalized spacial score (nSPS) is 14.0. The lowest BCUT2D eigenvalue weighted by molar-refractivity contribution is -0.116. The number of aromatic hydroxyl groups is 1. The molecule has 3 aromatic rings. The van der Waals surface area contributed by atoms with Crippen LogP contribution < -0.4 is 27.5 Å². The molecule has 1 aromatic heterocycles. The van der Waals surface area contributed by atoms with E-state index in [1.807, 2.05) is 0 Å². The Morgan fingerprint density at radius 3 is 2.00 bits per heavy atom. The van der Waals surface area contributed by atoms with Crippen LogP contribution in [0, 0.1) is 0 Å². The molecule has 1 aliphatic rings. The summed E-state index contributed by atoms with van der Waals surface area (Å²) in [6.45, 7) is 0. The Morgan fingerprint density at radius 1 is 0.909 bits per heavy atom. The number of rotatable bonds is 5. The van der Waals surface area contributed by atoms with E-state index in [1.165, 1.54) is 6.08 Å². The van der Waals surface area contributed by atoms with Gasteiger partial charge in [-0.25, -0.2) is 20.1 Å². The Balaban J connectivity index is 1.67. The van der Waals surface area contributed by atoms with Crippen LogP contribution in [0.5, 0.6) is 5.88 Å². The summed E-state index contributed by atoms with van der Waals surface area (Å²) in [6, 6.07) is 11.8. The number of urea groups is 2. The number of H-pyrrole nitrogens is 1. The van der Waals surface area contributed by atoms with E-state index in [1.54, 1.807) is 48.5 Å². The van der Waals surface area contributed by atoms with E-state index in [-0.39, 0.29) is 17.0 Å². The maximum absolute atomic E-state index is 12.5.